The first kappa shape index (κ1) is 17.6. The number of para-hydroxylation sites is 1. The van der Waals surface area contributed by atoms with E-state index in [0.29, 0.717) is 11.4 Å². The zero-order valence-electron chi connectivity index (χ0n) is 15.3. The molecule has 0 amide bonds. The van der Waals surface area contributed by atoms with E-state index in [9.17, 15) is 8.42 Å². The monoisotopic (exact) mass is 381 g/mol. The van der Waals surface area contributed by atoms with Crippen LogP contribution in [0.4, 0.5) is 0 Å². The van der Waals surface area contributed by atoms with Crippen LogP contribution in [0.25, 0.3) is 21.7 Å². The van der Waals surface area contributed by atoms with E-state index in [1.54, 1.807) is 20.9 Å². The van der Waals surface area contributed by atoms with E-state index in [0.717, 1.165) is 21.7 Å². The van der Waals surface area contributed by atoms with Crippen LogP contribution in [-0.2, 0) is 16.6 Å². The first-order chi connectivity index (χ1) is 12.9. The zero-order valence-corrected chi connectivity index (χ0v) is 16.1. The molecule has 0 atom stereocenters. The molecule has 0 saturated heterocycles. The van der Waals surface area contributed by atoms with Gasteiger partial charge in [-0.3, -0.25) is 4.98 Å². The minimum atomic E-state index is -3.74. The molecule has 0 bridgehead atoms. The summed E-state index contributed by atoms with van der Waals surface area (Å²) in [5.74, 6) is 0.288. The van der Waals surface area contributed by atoms with Gasteiger partial charge in [0.1, 0.15) is 10.6 Å². The summed E-state index contributed by atoms with van der Waals surface area (Å²) in [6, 6.07) is 15.8. The molecule has 0 aliphatic rings. The molecule has 138 valence electrons. The predicted molar refractivity (Wildman–Crippen MR) is 104 cm³/mol. The van der Waals surface area contributed by atoms with Gasteiger partial charge in [0, 0.05) is 17.8 Å². The molecule has 0 N–H and O–H groups in total. The van der Waals surface area contributed by atoms with Crippen molar-refractivity contribution >= 4 is 31.7 Å². The molecule has 4 rings (SSSR count). The summed E-state index contributed by atoms with van der Waals surface area (Å²) in [5.41, 5.74) is 1.91. The lowest BCUT2D eigenvalue weighted by Gasteiger charge is -2.18. The van der Waals surface area contributed by atoms with E-state index in [4.69, 9.17) is 9.51 Å². The number of aryl methyl sites for hydroxylation is 2. The molecule has 0 fully saturated rings. The minimum Gasteiger partial charge on any atom is -0.360 e. The van der Waals surface area contributed by atoms with Crippen molar-refractivity contribution in [1.29, 1.82) is 0 Å². The summed E-state index contributed by atoms with van der Waals surface area (Å²) < 4.78 is 32.4. The highest BCUT2D eigenvalue weighted by Gasteiger charge is 2.29. The fraction of sp³-hybridized carbons (Fsp3) is 0.200. The Bertz CT molecular complexity index is 1240. The Balaban J connectivity index is 1.83. The summed E-state index contributed by atoms with van der Waals surface area (Å²) in [6.07, 6.45) is 0. The molecule has 0 aliphatic carbocycles. The van der Waals surface area contributed by atoms with Gasteiger partial charge in [-0.25, -0.2) is 8.42 Å². The van der Waals surface area contributed by atoms with Crippen molar-refractivity contribution in [3.8, 4) is 0 Å². The molecule has 6 nitrogen and oxygen atoms in total. The summed E-state index contributed by atoms with van der Waals surface area (Å²) in [6.45, 7) is 3.38. The second kappa shape index (κ2) is 6.44. The smallest absolute Gasteiger partial charge is 0.248 e. The molecule has 4 aromatic rings. The van der Waals surface area contributed by atoms with Crippen molar-refractivity contribution in [3.05, 3.63) is 65.7 Å². The molecule has 7 heteroatoms. The van der Waals surface area contributed by atoms with Crippen LogP contribution in [0.5, 0.6) is 0 Å². The fourth-order valence-corrected chi connectivity index (χ4v) is 4.80. The number of hydrogen-bond acceptors (Lipinski definition) is 5. The molecule has 2 aromatic carbocycles. The van der Waals surface area contributed by atoms with Crippen LogP contribution in [0.3, 0.4) is 0 Å². The fourth-order valence-electron chi connectivity index (χ4n) is 3.39. The molecule has 2 heterocycles. The Morgan fingerprint density at radius 3 is 2.26 bits per heavy atom. The van der Waals surface area contributed by atoms with Crippen molar-refractivity contribution in [3.63, 3.8) is 0 Å². The Labute approximate surface area is 157 Å². The van der Waals surface area contributed by atoms with Crippen LogP contribution < -0.4 is 0 Å². The maximum absolute atomic E-state index is 13.0. The van der Waals surface area contributed by atoms with E-state index >= 15 is 0 Å². The van der Waals surface area contributed by atoms with Gasteiger partial charge in [0.15, 0.2) is 5.76 Å². The molecular formula is C20H19N3O3S. The lowest BCUT2D eigenvalue weighted by molar-refractivity contribution is 0.389. The number of rotatable bonds is 4. The summed E-state index contributed by atoms with van der Waals surface area (Å²) in [7, 11) is -2.19. The average molecular weight is 381 g/mol. The normalized spacial score (nSPS) is 12.3. The number of hydrogen-bond donors (Lipinski definition) is 0. The van der Waals surface area contributed by atoms with E-state index in [1.807, 2.05) is 48.5 Å². The van der Waals surface area contributed by atoms with Gasteiger partial charge < -0.3 is 4.52 Å². The second-order valence-corrected chi connectivity index (χ2v) is 8.52. The van der Waals surface area contributed by atoms with E-state index in [1.165, 1.54) is 4.31 Å². The number of aromatic nitrogens is 2. The minimum absolute atomic E-state index is 0.120. The number of nitrogens with zero attached hydrogens (tertiary/aromatic N) is 3. The van der Waals surface area contributed by atoms with Gasteiger partial charge in [-0.1, -0.05) is 47.6 Å². The molecule has 0 aliphatic heterocycles. The zero-order chi connectivity index (χ0) is 19.2. The van der Waals surface area contributed by atoms with Crippen LogP contribution in [0.1, 0.15) is 17.1 Å². The van der Waals surface area contributed by atoms with Crippen LogP contribution in [-0.4, -0.2) is 29.9 Å². The lowest BCUT2D eigenvalue weighted by Crippen LogP contribution is -2.27. The van der Waals surface area contributed by atoms with Crippen molar-refractivity contribution in [1.82, 2.24) is 14.4 Å². The van der Waals surface area contributed by atoms with Gasteiger partial charge in [0.25, 0.3) is 0 Å². The Kier molecular flexibility index (Phi) is 4.20. The van der Waals surface area contributed by atoms with Gasteiger partial charge in [0.05, 0.1) is 17.8 Å². The van der Waals surface area contributed by atoms with Gasteiger partial charge in [-0.2, -0.15) is 4.31 Å². The highest BCUT2D eigenvalue weighted by molar-refractivity contribution is 7.89. The van der Waals surface area contributed by atoms with Gasteiger partial charge >= 0.3 is 0 Å². The van der Waals surface area contributed by atoms with Crippen LogP contribution in [0.15, 0.2) is 57.9 Å². The third kappa shape index (κ3) is 2.89. The largest absolute Gasteiger partial charge is 0.360 e. The number of benzene rings is 2. The standard InChI is InChI=1S/C20H19N3O3S/c1-13-20(14(2)26-22-13)27(24,25)23(3)12-19-17-10-5-4-8-15(17)16-9-6-7-11-18(16)21-19/h4-11H,12H2,1-3H3. The molecule has 2 aromatic heterocycles. The Morgan fingerprint density at radius 1 is 0.963 bits per heavy atom. The highest BCUT2D eigenvalue weighted by atomic mass is 32.2. The van der Waals surface area contributed by atoms with Crippen LogP contribution >= 0.6 is 0 Å². The SMILES string of the molecule is Cc1noc(C)c1S(=O)(=O)N(C)Cc1nc2ccccc2c2ccccc12. The topological polar surface area (TPSA) is 76.3 Å². The number of fused-ring (bicyclic) bond motifs is 3. The Hall–Kier alpha value is -2.77. The van der Waals surface area contributed by atoms with Crippen LogP contribution in [0.2, 0.25) is 0 Å². The van der Waals surface area contributed by atoms with Crippen molar-refractivity contribution in [2.24, 2.45) is 0 Å². The maximum Gasteiger partial charge on any atom is 0.248 e. The summed E-state index contributed by atoms with van der Waals surface area (Å²) in [4.78, 5) is 4.86. The molecule has 27 heavy (non-hydrogen) atoms. The third-order valence-electron chi connectivity index (χ3n) is 4.70. The summed E-state index contributed by atoms with van der Waals surface area (Å²) >= 11 is 0. The van der Waals surface area contributed by atoms with E-state index in [2.05, 4.69) is 5.16 Å². The van der Waals surface area contributed by atoms with E-state index in [-0.39, 0.29) is 17.2 Å². The number of sulfonamides is 1. The Morgan fingerprint density at radius 2 is 1.59 bits per heavy atom. The molecule has 0 saturated carbocycles. The third-order valence-corrected chi connectivity index (χ3v) is 6.74. The van der Waals surface area contributed by atoms with Crippen molar-refractivity contribution in [2.45, 2.75) is 25.3 Å². The predicted octanol–water partition coefficient (Wildman–Crippen LogP) is 3.81. The highest BCUT2D eigenvalue weighted by Crippen LogP contribution is 2.29. The second-order valence-electron chi connectivity index (χ2n) is 6.54. The first-order valence-electron chi connectivity index (χ1n) is 8.55. The van der Waals surface area contributed by atoms with Crippen molar-refractivity contribution in [2.75, 3.05) is 7.05 Å². The van der Waals surface area contributed by atoms with Crippen LogP contribution in [0, 0.1) is 13.8 Å². The van der Waals surface area contributed by atoms with Gasteiger partial charge in [0.2, 0.25) is 10.0 Å². The van der Waals surface area contributed by atoms with Gasteiger partial charge in [-0.05, 0) is 25.3 Å². The summed E-state index contributed by atoms with van der Waals surface area (Å²) in [5, 5.41) is 6.81. The lowest BCUT2D eigenvalue weighted by atomic mass is 10.0. The first-order valence-corrected chi connectivity index (χ1v) is 9.99. The quantitative estimate of drug-likeness (QED) is 0.502. The molecule has 0 unspecified atom stereocenters. The van der Waals surface area contributed by atoms with Crippen molar-refractivity contribution < 1.29 is 12.9 Å². The molecular weight excluding hydrogens is 362 g/mol. The molecule has 0 radical (unpaired) electrons. The van der Waals surface area contributed by atoms with Gasteiger partial charge in [-0.15, -0.1) is 0 Å². The van der Waals surface area contributed by atoms with E-state index < -0.39 is 10.0 Å². The maximum atomic E-state index is 13.0. The number of pyridine rings is 1. The molecule has 0 spiro atoms. The average Bonchev–Trinajstić information content (AvgIpc) is 3.01.